The Hall–Kier alpha value is -1.91. The Morgan fingerprint density at radius 2 is 1.43 bits per heavy atom. The highest BCUT2D eigenvalue weighted by molar-refractivity contribution is 9.10. The third kappa shape index (κ3) is 3.71. The van der Waals surface area contributed by atoms with Crippen LogP contribution in [0.1, 0.15) is 10.4 Å². The zero-order chi connectivity index (χ0) is 16.2. The van der Waals surface area contributed by atoms with E-state index in [4.69, 9.17) is 4.74 Å². The Bertz CT molecular complexity index is 845. The predicted octanol–water partition coefficient (Wildman–Crippen LogP) is 6.10. The molecule has 3 aromatic rings. The van der Waals surface area contributed by atoms with Gasteiger partial charge in [-0.2, -0.15) is 0 Å². The molecule has 2 nitrogen and oxygen atoms in total. The van der Waals surface area contributed by atoms with Crippen molar-refractivity contribution >= 4 is 37.8 Å². The van der Waals surface area contributed by atoms with Gasteiger partial charge in [-0.05, 0) is 67.3 Å². The lowest BCUT2D eigenvalue weighted by molar-refractivity contribution is 0.0732. The minimum absolute atomic E-state index is 0.398. The average molecular weight is 432 g/mol. The van der Waals surface area contributed by atoms with E-state index in [1.54, 1.807) is 18.2 Å². The van der Waals surface area contributed by atoms with Gasteiger partial charge < -0.3 is 4.74 Å². The molecule has 3 aromatic carbocycles. The standard InChI is InChI=1S/C19H12Br2O2/c20-16-9-5-4-8-15(16)19(22)23-18-11-10-14(12-17(18)21)13-6-2-1-3-7-13/h1-12H. The molecule has 0 aliphatic rings. The zero-order valence-electron chi connectivity index (χ0n) is 12.0. The smallest absolute Gasteiger partial charge is 0.344 e. The maximum Gasteiger partial charge on any atom is 0.344 e. The third-order valence-corrected chi connectivity index (χ3v) is 4.65. The highest BCUT2D eigenvalue weighted by Crippen LogP contribution is 2.31. The van der Waals surface area contributed by atoms with Crippen molar-refractivity contribution in [1.29, 1.82) is 0 Å². The largest absolute Gasteiger partial charge is 0.422 e. The van der Waals surface area contributed by atoms with E-state index in [0.29, 0.717) is 15.8 Å². The van der Waals surface area contributed by atoms with Crippen LogP contribution in [0.15, 0.2) is 81.7 Å². The molecule has 0 spiro atoms. The monoisotopic (exact) mass is 430 g/mol. The number of hydrogen-bond donors (Lipinski definition) is 0. The first-order valence-corrected chi connectivity index (χ1v) is 8.55. The molecule has 0 saturated heterocycles. The predicted molar refractivity (Wildman–Crippen MR) is 98.7 cm³/mol. The molecule has 0 aromatic heterocycles. The van der Waals surface area contributed by atoms with Gasteiger partial charge in [0.05, 0.1) is 10.0 Å². The van der Waals surface area contributed by atoms with Crippen LogP contribution in [-0.4, -0.2) is 5.97 Å². The number of carbonyl (C=O) groups excluding carboxylic acids is 1. The summed E-state index contributed by atoms with van der Waals surface area (Å²) in [5, 5.41) is 0. The number of ether oxygens (including phenoxy) is 1. The van der Waals surface area contributed by atoms with Gasteiger partial charge in [0.1, 0.15) is 5.75 Å². The summed E-state index contributed by atoms with van der Waals surface area (Å²) >= 11 is 6.83. The van der Waals surface area contributed by atoms with Crippen molar-refractivity contribution < 1.29 is 9.53 Å². The molecule has 0 amide bonds. The van der Waals surface area contributed by atoms with Crippen molar-refractivity contribution in [3.8, 4) is 16.9 Å². The first-order chi connectivity index (χ1) is 11.1. The molecule has 3 rings (SSSR count). The minimum Gasteiger partial charge on any atom is -0.422 e. The Kier molecular flexibility index (Phi) is 4.94. The second-order valence-electron chi connectivity index (χ2n) is 4.88. The summed E-state index contributed by atoms with van der Waals surface area (Å²) in [6.07, 6.45) is 0. The summed E-state index contributed by atoms with van der Waals surface area (Å²) in [7, 11) is 0. The van der Waals surface area contributed by atoms with Crippen molar-refractivity contribution in [2.45, 2.75) is 0 Å². The normalized spacial score (nSPS) is 10.3. The molecule has 0 atom stereocenters. The molecule has 0 aliphatic carbocycles. The summed E-state index contributed by atoms with van der Waals surface area (Å²) in [5.41, 5.74) is 2.65. The van der Waals surface area contributed by atoms with Crippen molar-refractivity contribution in [3.63, 3.8) is 0 Å². The van der Waals surface area contributed by atoms with Gasteiger partial charge in [0.25, 0.3) is 0 Å². The van der Waals surface area contributed by atoms with E-state index < -0.39 is 5.97 Å². The number of halogens is 2. The summed E-state index contributed by atoms with van der Waals surface area (Å²) in [5.74, 6) is 0.0936. The highest BCUT2D eigenvalue weighted by Gasteiger charge is 2.14. The van der Waals surface area contributed by atoms with Gasteiger partial charge in [0.2, 0.25) is 0 Å². The number of hydrogen-bond acceptors (Lipinski definition) is 2. The van der Waals surface area contributed by atoms with Crippen LogP contribution in [0, 0.1) is 0 Å². The average Bonchev–Trinajstić information content (AvgIpc) is 2.58. The summed E-state index contributed by atoms with van der Waals surface area (Å²) in [6, 6.07) is 22.9. The van der Waals surface area contributed by atoms with Crippen LogP contribution in [-0.2, 0) is 0 Å². The van der Waals surface area contributed by atoms with E-state index in [0.717, 1.165) is 15.6 Å². The van der Waals surface area contributed by atoms with Crippen molar-refractivity contribution in [2.24, 2.45) is 0 Å². The lowest BCUT2D eigenvalue weighted by atomic mass is 10.1. The first kappa shape index (κ1) is 16.0. The van der Waals surface area contributed by atoms with Crippen molar-refractivity contribution in [1.82, 2.24) is 0 Å². The molecule has 0 saturated carbocycles. The molecule has 0 bridgehead atoms. The van der Waals surface area contributed by atoms with E-state index in [9.17, 15) is 4.79 Å². The molecule has 0 aliphatic heterocycles. The molecule has 23 heavy (non-hydrogen) atoms. The van der Waals surface area contributed by atoms with Crippen LogP contribution in [0.4, 0.5) is 0 Å². The molecule has 0 radical (unpaired) electrons. The van der Waals surface area contributed by atoms with Gasteiger partial charge in [-0.25, -0.2) is 4.79 Å². The summed E-state index contributed by atoms with van der Waals surface area (Å²) < 4.78 is 6.93. The number of rotatable bonds is 3. The van der Waals surface area contributed by atoms with Crippen LogP contribution >= 0.6 is 31.9 Å². The molecule has 0 heterocycles. The summed E-state index contributed by atoms with van der Waals surface area (Å²) in [6.45, 7) is 0. The Balaban J connectivity index is 1.85. The van der Waals surface area contributed by atoms with Gasteiger partial charge in [0, 0.05) is 4.47 Å². The number of benzene rings is 3. The maximum atomic E-state index is 12.3. The SMILES string of the molecule is O=C(Oc1ccc(-c2ccccc2)cc1Br)c1ccccc1Br. The quantitative estimate of drug-likeness (QED) is 0.370. The third-order valence-electron chi connectivity index (χ3n) is 3.34. The molecule has 0 unspecified atom stereocenters. The second-order valence-corrected chi connectivity index (χ2v) is 6.59. The Morgan fingerprint density at radius 1 is 0.739 bits per heavy atom. The van der Waals surface area contributed by atoms with E-state index >= 15 is 0 Å². The van der Waals surface area contributed by atoms with E-state index in [1.165, 1.54) is 0 Å². The van der Waals surface area contributed by atoms with E-state index in [2.05, 4.69) is 31.9 Å². The second kappa shape index (κ2) is 7.11. The van der Waals surface area contributed by atoms with E-state index in [1.807, 2.05) is 54.6 Å². The fraction of sp³-hybridized carbons (Fsp3) is 0. The van der Waals surface area contributed by atoms with Gasteiger partial charge in [0.15, 0.2) is 0 Å². The lowest BCUT2D eigenvalue weighted by Gasteiger charge is -2.09. The Morgan fingerprint density at radius 3 is 2.13 bits per heavy atom. The van der Waals surface area contributed by atoms with E-state index in [-0.39, 0.29) is 0 Å². The zero-order valence-corrected chi connectivity index (χ0v) is 15.2. The van der Waals surface area contributed by atoms with Crippen LogP contribution in [0.5, 0.6) is 5.75 Å². The van der Waals surface area contributed by atoms with Gasteiger partial charge in [-0.15, -0.1) is 0 Å². The van der Waals surface area contributed by atoms with Crippen molar-refractivity contribution in [2.75, 3.05) is 0 Å². The molecule has 4 heteroatoms. The maximum absolute atomic E-state index is 12.3. The molecule has 114 valence electrons. The molecular formula is C19H12Br2O2. The van der Waals surface area contributed by atoms with Crippen molar-refractivity contribution in [3.05, 3.63) is 87.3 Å². The van der Waals surface area contributed by atoms with Crippen LogP contribution < -0.4 is 4.74 Å². The van der Waals surface area contributed by atoms with Gasteiger partial charge in [-0.3, -0.25) is 0 Å². The fourth-order valence-corrected chi connectivity index (χ4v) is 3.08. The summed E-state index contributed by atoms with van der Waals surface area (Å²) in [4.78, 5) is 12.3. The molecule has 0 N–H and O–H groups in total. The van der Waals surface area contributed by atoms with Gasteiger partial charge >= 0.3 is 5.97 Å². The molecule has 0 fully saturated rings. The molecular weight excluding hydrogens is 420 g/mol. The topological polar surface area (TPSA) is 26.3 Å². The fourth-order valence-electron chi connectivity index (χ4n) is 2.18. The number of esters is 1. The lowest BCUT2D eigenvalue weighted by Crippen LogP contribution is -2.09. The number of carbonyl (C=O) groups is 1. The van der Waals surface area contributed by atoms with Crippen LogP contribution in [0.3, 0.4) is 0 Å². The highest BCUT2D eigenvalue weighted by atomic mass is 79.9. The Labute approximate surface area is 151 Å². The minimum atomic E-state index is -0.398. The van der Waals surface area contributed by atoms with Gasteiger partial charge in [-0.1, -0.05) is 48.5 Å². The van der Waals surface area contributed by atoms with Crippen LogP contribution in [0.2, 0.25) is 0 Å². The first-order valence-electron chi connectivity index (χ1n) is 6.97. The van der Waals surface area contributed by atoms with Crippen LogP contribution in [0.25, 0.3) is 11.1 Å².